The minimum absolute atomic E-state index is 0. The number of benzene rings is 1. The summed E-state index contributed by atoms with van der Waals surface area (Å²) in [4.78, 5) is 12.3. The monoisotopic (exact) mass is 374 g/mol. The fraction of sp³-hybridized carbons (Fsp3) is 0.562. The third-order valence-corrected chi connectivity index (χ3v) is 4.50. The Morgan fingerprint density at radius 3 is 2.67 bits per heavy atom. The molecule has 1 saturated carbocycles. The number of amides is 1. The van der Waals surface area contributed by atoms with E-state index in [-0.39, 0.29) is 24.4 Å². The van der Waals surface area contributed by atoms with Crippen LogP contribution < -0.4 is 11.1 Å². The number of hydrogen-bond donors (Lipinski definition) is 2. The van der Waals surface area contributed by atoms with Crippen molar-refractivity contribution in [3.63, 3.8) is 0 Å². The molecule has 1 aliphatic carbocycles. The molecule has 2 rings (SSSR count). The SMILES string of the molecule is CC(Cc1cccc(Br)c1)NC(=O)C1(N)CCCCC1.Cl. The van der Waals surface area contributed by atoms with Crippen LogP contribution in [0.25, 0.3) is 0 Å². The lowest BCUT2D eigenvalue weighted by Gasteiger charge is -2.33. The van der Waals surface area contributed by atoms with Crippen molar-refractivity contribution < 1.29 is 4.79 Å². The Balaban J connectivity index is 0.00000220. The van der Waals surface area contributed by atoms with E-state index >= 15 is 0 Å². The van der Waals surface area contributed by atoms with E-state index in [0.29, 0.717) is 0 Å². The van der Waals surface area contributed by atoms with Crippen molar-refractivity contribution in [1.82, 2.24) is 5.32 Å². The highest BCUT2D eigenvalue weighted by Crippen LogP contribution is 2.26. The van der Waals surface area contributed by atoms with E-state index in [1.54, 1.807) is 0 Å². The second kappa shape index (κ2) is 8.16. The number of nitrogens with one attached hydrogen (secondary N) is 1. The van der Waals surface area contributed by atoms with Crippen molar-refractivity contribution in [2.75, 3.05) is 0 Å². The van der Waals surface area contributed by atoms with Crippen LogP contribution in [-0.4, -0.2) is 17.5 Å². The molecule has 0 bridgehead atoms. The lowest BCUT2D eigenvalue weighted by molar-refractivity contribution is -0.128. The molecule has 1 fully saturated rings. The summed E-state index contributed by atoms with van der Waals surface area (Å²) in [6.07, 6.45) is 5.75. The Hall–Kier alpha value is -0.580. The van der Waals surface area contributed by atoms with Gasteiger partial charge in [-0.3, -0.25) is 4.79 Å². The van der Waals surface area contributed by atoms with Crippen molar-refractivity contribution in [2.45, 2.75) is 57.0 Å². The van der Waals surface area contributed by atoms with Gasteiger partial charge in [-0.05, 0) is 43.9 Å². The summed E-state index contributed by atoms with van der Waals surface area (Å²) in [7, 11) is 0. The van der Waals surface area contributed by atoms with Crippen LogP contribution in [0.4, 0.5) is 0 Å². The third-order valence-electron chi connectivity index (χ3n) is 4.01. The summed E-state index contributed by atoms with van der Waals surface area (Å²) in [5.74, 6) is 0.0136. The number of nitrogens with two attached hydrogens (primary N) is 1. The molecule has 118 valence electrons. The number of carbonyl (C=O) groups excluding carboxylic acids is 1. The molecule has 3 N–H and O–H groups in total. The predicted molar refractivity (Wildman–Crippen MR) is 92.7 cm³/mol. The molecule has 0 spiro atoms. The Bertz CT molecular complexity index is 475. The quantitative estimate of drug-likeness (QED) is 0.845. The van der Waals surface area contributed by atoms with E-state index in [9.17, 15) is 4.79 Å². The summed E-state index contributed by atoms with van der Waals surface area (Å²) < 4.78 is 1.07. The lowest BCUT2D eigenvalue weighted by atomic mass is 9.81. The highest BCUT2D eigenvalue weighted by atomic mass is 79.9. The minimum atomic E-state index is -0.649. The van der Waals surface area contributed by atoms with Crippen molar-refractivity contribution in [2.24, 2.45) is 5.73 Å². The van der Waals surface area contributed by atoms with Crippen molar-refractivity contribution in [3.8, 4) is 0 Å². The van der Waals surface area contributed by atoms with Gasteiger partial charge in [-0.15, -0.1) is 12.4 Å². The van der Waals surface area contributed by atoms with Crippen LogP contribution >= 0.6 is 28.3 Å². The first kappa shape index (κ1) is 18.5. The van der Waals surface area contributed by atoms with E-state index < -0.39 is 5.54 Å². The zero-order valence-electron chi connectivity index (χ0n) is 12.4. The van der Waals surface area contributed by atoms with E-state index in [4.69, 9.17) is 5.73 Å². The van der Waals surface area contributed by atoms with Gasteiger partial charge in [0.15, 0.2) is 0 Å². The average Bonchev–Trinajstić information content (AvgIpc) is 2.39. The van der Waals surface area contributed by atoms with Crippen LogP contribution in [0.3, 0.4) is 0 Å². The molecule has 1 aromatic rings. The van der Waals surface area contributed by atoms with Crippen LogP contribution in [0.15, 0.2) is 28.7 Å². The summed E-state index contributed by atoms with van der Waals surface area (Å²) in [6, 6.07) is 8.27. The highest BCUT2D eigenvalue weighted by molar-refractivity contribution is 9.10. The Morgan fingerprint density at radius 1 is 1.38 bits per heavy atom. The standard InChI is InChI=1S/C16H23BrN2O.ClH/c1-12(10-13-6-5-7-14(17)11-13)19-15(20)16(18)8-3-2-4-9-16;/h5-7,11-12H,2-4,8-10,18H2,1H3,(H,19,20);1H. The second-order valence-electron chi connectivity index (χ2n) is 5.93. The first-order valence-electron chi connectivity index (χ1n) is 7.34. The molecule has 1 atom stereocenters. The molecular formula is C16H24BrClN2O. The first-order chi connectivity index (χ1) is 9.49. The van der Waals surface area contributed by atoms with Crippen LogP contribution in [-0.2, 0) is 11.2 Å². The van der Waals surface area contributed by atoms with Gasteiger partial charge in [0, 0.05) is 10.5 Å². The largest absolute Gasteiger partial charge is 0.352 e. The molecule has 1 amide bonds. The predicted octanol–water partition coefficient (Wildman–Crippen LogP) is 3.58. The van der Waals surface area contributed by atoms with E-state index in [0.717, 1.165) is 36.6 Å². The molecule has 0 saturated heterocycles. The van der Waals surface area contributed by atoms with Gasteiger partial charge in [0.25, 0.3) is 0 Å². The van der Waals surface area contributed by atoms with E-state index in [1.807, 2.05) is 19.1 Å². The van der Waals surface area contributed by atoms with Gasteiger partial charge in [0.1, 0.15) is 0 Å². The topological polar surface area (TPSA) is 55.1 Å². The summed E-state index contributed by atoms with van der Waals surface area (Å²) in [6.45, 7) is 2.03. The van der Waals surface area contributed by atoms with Crippen LogP contribution in [0, 0.1) is 0 Å². The maximum atomic E-state index is 12.3. The van der Waals surface area contributed by atoms with Gasteiger partial charge in [0.2, 0.25) is 5.91 Å². The molecule has 1 aliphatic rings. The van der Waals surface area contributed by atoms with Gasteiger partial charge in [-0.25, -0.2) is 0 Å². The number of rotatable bonds is 4. The van der Waals surface area contributed by atoms with Gasteiger partial charge in [0.05, 0.1) is 5.54 Å². The summed E-state index contributed by atoms with van der Waals surface area (Å²) in [5, 5.41) is 3.08. The van der Waals surface area contributed by atoms with Gasteiger partial charge in [-0.1, -0.05) is 47.3 Å². The van der Waals surface area contributed by atoms with Crippen molar-refractivity contribution in [3.05, 3.63) is 34.3 Å². The van der Waals surface area contributed by atoms with Gasteiger partial charge in [-0.2, -0.15) is 0 Å². The molecule has 5 heteroatoms. The second-order valence-corrected chi connectivity index (χ2v) is 6.84. The Labute approximate surface area is 141 Å². The molecule has 1 aromatic carbocycles. The number of hydrogen-bond acceptors (Lipinski definition) is 2. The Kier molecular flexibility index (Phi) is 7.17. The number of halogens is 2. The molecule has 3 nitrogen and oxygen atoms in total. The van der Waals surface area contributed by atoms with E-state index in [1.165, 1.54) is 12.0 Å². The molecule has 0 aliphatic heterocycles. The normalized spacial score (nSPS) is 18.4. The third kappa shape index (κ3) is 5.28. The molecule has 0 aromatic heterocycles. The molecule has 0 heterocycles. The minimum Gasteiger partial charge on any atom is -0.352 e. The zero-order valence-corrected chi connectivity index (χ0v) is 14.8. The lowest BCUT2D eigenvalue weighted by Crippen LogP contribution is -2.56. The van der Waals surface area contributed by atoms with Gasteiger partial charge < -0.3 is 11.1 Å². The van der Waals surface area contributed by atoms with E-state index in [2.05, 4.69) is 33.4 Å². The maximum absolute atomic E-state index is 12.3. The number of carbonyl (C=O) groups is 1. The van der Waals surface area contributed by atoms with Crippen molar-refractivity contribution >= 4 is 34.2 Å². The first-order valence-corrected chi connectivity index (χ1v) is 8.13. The molecule has 21 heavy (non-hydrogen) atoms. The average molecular weight is 376 g/mol. The zero-order chi connectivity index (χ0) is 14.6. The fourth-order valence-electron chi connectivity index (χ4n) is 2.85. The maximum Gasteiger partial charge on any atom is 0.240 e. The van der Waals surface area contributed by atoms with Crippen LogP contribution in [0.2, 0.25) is 0 Å². The van der Waals surface area contributed by atoms with Crippen LogP contribution in [0.5, 0.6) is 0 Å². The Morgan fingerprint density at radius 2 is 2.05 bits per heavy atom. The van der Waals surface area contributed by atoms with Gasteiger partial charge >= 0.3 is 0 Å². The summed E-state index contributed by atoms with van der Waals surface area (Å²) >= 11 is 3.47. The molecule has 1 unspecified atom stereocenters. The van der Waals surface area contributed by atoms with Crippen LogP contribution in [0.1, 0.15) is 44.6 Å². The molecule has 0 radical (unpaired) electrons. The highest BCUT2D eigenvalue weighted by Gasteiger charge is 2.35. The fourth-order valence-corrected chi connectivity index (χ4v) is 3.29. The molecular weight excluding hydrogens is 352 g/mol. The summed E-state index contributed by atoms with van der Waals surface area (Å²) in [5.41, 5.74) is 6.81. The van der Waals surface area contributed by atoms with Crippen molar-refractivity contribution in [1.29, 1.82) is 0 Å². The smallest absolute Gasteiger partial charge is 0.240 e.